The van der Waals surface area contributed by atoms with Crippen LogP contribution in [0.4, 0.5) is 27.2 Å². The summed E-state index contributed by atoms with van der Waals surface area (Å²) in [4.78, 5) is 49.2. The van der Waals surface area contributed by atoms with Gasteiger partial charge in [-0.05, 0) is 69.0 Å². The van der Waals surface area contributed by atoms with Crippen LogP contribution in [0.25, 0.3) is 33.5 Å². The first-order valence-corrected chi connectivity index (χ1v) is 17.0. The lowest BCUT2D eigenvalue weighted by Gasteiger charge is -2.32. The van der Waals surface area contributed by atoms with Crippen molar-refractivity contribution < 1.29 is 41.8 Å². The number of carboxylic acid groups (broad SMARTS) is 1. The molecule has 2 saturated heterocycles. The summed E-state index contributed by atoms with van der Waals surface area (Å²) in [6.07, 6.45) is -4.76. The van der Waals surface area contributed by atoms with E-state index in [0.717, 1.165) is 4.90 Å². The first kappa shape index (κ1) is 36.0. The number of likely N-dealkylation sites (tertiary alicyclic amines) is 2. The third-order valence-electron chi connectivity index (χ3n) is 9.50. The summed E-state index contributed by atoms with van der Waals surface area (Å²) in [5.41, 5.74) is 1.24. The van der Waals surface area contributed by atoms with Crippen LogP contribution in [0.2, 0.25) is 0 Å². The van der Waals surface area contributed by atoms with Crippen molar-refractivity contribution >= 4 is 40.0 Å². The fourth-order valence-corrected chi connectivity index (χ4v) is 7.27. The van der Waals surface area contributed by atoms with E-state index in [-0.39, 0.29) is 56.2 Å². The first-order chi connectivity index (χ1) is 24.0. The zero-order chi connectivity index (χ0) is 36.9. The number of alkyl carbamates (subject to hydrolysis) is 1. The molecule has 15 heteroatoms. The van der Waals surface area contributed by atoms with E-state index >= 15 is 4.39 Å². The van der Waals surface area contributed by atoms with Gasteiger partial charge in [-0.25, -0.2) is 32.1 Å². The van der Waals surface area contributed by atoms with Crippen LogP contribution < -0.4 is 5.32 Å². The minimum Gasteiger partial charge on any atom is -0.465 e. The highest BCUT2D eigenvalue weighted by Crippen LogP contribution is 2.37. The maximum Gasteiger partial charge on any atom is 0.408 e. The monoisotopic (exact) mass is 714 g/mol. The molecular weight excluding hydrogens is 672 g/mol. The number of H-pyrrole nitrogens is 1. The number of halogens is 4. The molecule has 4 heterocycles. The number of rotatable bonds is 8. The van der Waals surface area contributed by atoms with Gasteiger partial charge in [0.05, 0.1) is 35.9 Å². The predicted molar refractivity (Wildman–Crippen MR) is 182 cm³/mol. The molecule has 0 bridgehead atoms. The van der Waals surface area contributed by atoms with Crippen molar-refractivity contribution in [2.75, 3.05) is 13.1 Å². The summed E-state index contributed by atoms with van der Waals surface area (Å²) < 4.78 is 65.9. The maximum atomic E-state index is 15.2. The standard InChI is InChI=1S/C36H42F4N6O5/c1-18(2)30(43-34(48)51-36(3,4)5)33(47)44-15-22(40)11-24(44)17-46-29-9-7-20(38)13-28(29)42-32(46)31-26(25-8-6-19(37)12-27(25)41-31)14-23-10-21(39)16-45(23)35(49)50/h6-9,12-13,18,21-24,30,41H,10-11,14-17H2,1-5H3,(H,43,48)(H,49,50)/t21-,22-,23-,24-,30?/m0/s1. The molecule has 3 amide bonds. The number of aromatic amines is 1. The van der Waals surface area contributed by atoms with Crippen molar-refractivity contribution in [2.24, 2.45) is 5.92 Å². The molecule has 6 rings (SSSR count). The highest BCUT2D eigenvalue weighted by atomic mass is 19.1. The van der Waals surface area contributed by atoms with Crippen LogP contribution in [0, 0.1) is 17.6 Å². The van der Waals surface area contributed by atoms with E-state index in [1.807, 2.05) is 0 Å². The van der Waals surface area contributed by atoms with Crippen LogP contribution in [0.15, 0.2) is 36.4 Å². The summed E-state index contributed by atoms with van der Waals surface area (Å²) in [5, 5.41) is 13.0. The van der Waals surface area contributed by atoms with E-state index < -0.39 is 65.8 Å². The quantitative estimate of drug-likeness (QED) is 0.177. The van der Waals surface area contributed by atoms with Crippen LogP contribution in [0.5, 0.6) is 0 Å². The average molecular weight is 715 g/mol. The minimum absolute atomic E-state index is 0.0152. The number of hydrogen-bond acceptors (Lipinski definition) is 5. The number of benzene rings is 2. The first-order valence-electron chi connectivity index (χ1n) is 17.0. The third-order valence-corrected chi connectivity index (χ3v) is 9.50. The van der Waals surface area contributed by atoms with Crippen LogP contribution >= 0.6 is 0 Å². The zero-order valence-corrected chi connectivity index (χ0v) is 29.1. The number of fused-ring (bicyclic) bond motifs is 2. The SMILES string of the molecule is CC(C)C(NC(=O)OC(C)(C)C)C(=O)N1C[C@@H](F)C[C@H]1Cn1c(-c2[nH]c3cc(F)ccc3c2C[C@@H]2C[C@H](F)CN2C(=O)O)nc2cc(F)ccc21. The van der Waals surface area contributed by atoms with Gasteiger partial charge in [-0.1, -0.05) is 13.8 Å². The second kappa shape index (κ2) is 13.7. The van der Waals surface area contributed by atoms with Gasteiger partial charge >= 0.3 is 12.2 Å². The number of carbonyl (C=O) groups is 3. The number of hydrogen-bond donors (Lipinski definition) is 3. The summed E-state index contributed by atoms with van der Waals surface area (Å²) >= 11 is 0. The van der Waals surface area contributed by atoms with E-state index in [9.17, 15) is 32.7 Å². The smallest absolute Gasteiger partial charge is 0.408 e. The van der Waals surface area contributed by atoms with Crippen LogP contribution in [-0.4, -0.2) is 96.7 Å². The van der Waals surface area contributed by atoms with Gasteiger partial charge in [-0.15, -0.1) is 0 Å². The van der Waals surface area contributed by atoms with Gasteiger partial charge in [0, 0.05) is 42.4 Å². The molecule has 1 unspecified atom stereocenters. The van der Waals surface area contributed by atoms with Crippen molar-refractivity contribution in [3.8, 4) is 11.5 Å². The Bertz CT molecular complexity index is 1970. The normalized spacial score (nSPS) is 21.6. The molecule has 0 spiro atoms. The molecule has 51 heavy (non-hydrogen) atoms. The van der Waals surface area contributed by atoms with E-state index in [1.165, 1.54) is 35.2 Å². The Labute approximate surface area is 291 Å². The summed E-state index contributed by atoms with van der Waals surface area (Å²) in [6, 6.07) is 5.66. The van der Waals surface area contributed by atoms with E-state index in [1.54, 1.807) is 45.3 Å². The lowest BCUT2D eigenvalue weighted by molar-refractivity contribution is -0.135. The largest absolute Gasteiger partial charge is 0.465 e. The Morgan fingerprint density at radius 3 is 2.31 bits per heavy atom. The molecule has 2 aliphatic rings. The number of ether oxygens (including phenoxy) is 1. The zero-order valence-electron chi connectivity index (χ0n) is 29.1. The van der Waals surface area contributed by atoms with Crippen LogP contribution in [-0.2, 0) is 22.5 Å². The Morgan fingerprint density at radius 2 is 1.65 bits per heavy atom. The maximum absolute atomic E-state index is 15.2. The molecule has 2 aliphatic heterocycles. The van der Waals surface area contributed by atoms with Gasteiger partial charge in [0.15, 0.2) is 5.82 Å². The molecule has 0 aliphatic carbocycles. The molecule has 4 aromatic rings. The number of nitrogens with zero attached hydrogens (tertiary/aromatic N) is 4. The Hall–Kier alpha value is -4.82. The van der Waals surface area contributed by atoms with Gasteiger partial charge in [0.1, 0.15) is 35.6 Å². The van der Waals surface area contributed by atoms with E-state index in [0.29, 0.717) is 27.7 Å². The Balaban J connectivity index is 1.42. The number of amides is 3. The summed E-state index contributed by atoms with van der Waals surface area (Å²) in [6.45, 7) is 8.14. The van der Waals surface area contributed by atoms with E-state index in [2.05, 4.69) is 10.3 Å². The minimum atomic E-state index is -1.37. The topological polar surface area (TPSA) is 133 Å². The lowest BCUT2D eigenvalue weighted by Crippen LogP contribution is -2.53. The van der Waals surface area contributed by atoms with Crippen molar-refractivity contribution in [1.29, 1.82) is 0 Å². The molecule has 11 nitrogen and oxygen atoms in total. The second-order valence-electron chi connectivity index (χ2n) is 14.8. The molecule has 2 aromatic carbocycles. The lowest BCUT2D eigenvalue weighted by atomic mass is 10.00. The fourth-order valence-electron chi connectivity index (χ4n) is 7.27. The molecule has 0 radical (unpaired) electrons. The number of carbonyl (C=O) groups excluding carboxylic acids is 2. The van der Waals surface area contributed by atoms with Gasteiger partial charge in [0.25, 0.3) is 0 Å². The van der Waals surface area contributed by atoms with Crippen molar-refractivity contribution in [1.82, 2.24) is 29.7 Å². The Morgan fingerprint density at radius 1 is 1.00 bits per heavy atom. The molecule has 2 fully saturated rings. The number of aromatic nitrogens is 3. The van der Waals surface area contributed by atoms with Gasteiger partial charge < -0.3 is 34.5 Å². The Kier molecular flexibility index (Phi) is 9.68. The number of nitrogens with one attached hydrogen (secondary N) is 2. The molecular formula is C36H42F4N6O5. The van der Waals surface area contributed by atoms with Crippen molar-refractivity contribution in [2.45, 2.75) is 96.5 Å². The van der Waals surface area contributed by atoms with Crippen molar-refractivity contribution in [3.05, 3.63) is 53.6 Å². The highest BCUT2D eigenvalue weighted by molar-refractivity contribution is 5.92. The van der Waals surface area contributed by atoms with E-state index in [4.69, 9.17) is 9.72 Å². The van der Waals surface area contributed by atoms with Gasteiger partial charge in [-0.3, -0.25) is 4.79 Å². The van der Waals surface area contributed by atoms with Crippen molar-refractivity contribution in [3.63, 3.8) is 0 Å². The molecule has 274 valence electrons. The average Bonchev–Trinajstić information content (AvgIpc) is 3.78. The molecule has 5 atom stereocenters. The van der Waals surface area contributed by atoms with Crippen LogP contribution in [0.1, 0.15) is 53.0 Å². The summed E-state index contributed by atoms with van der Waals surface area (Å²) in [5.74, 6) is -1.67. The molecule has 3 N–H and O–H groups in total. The van der Waals surface area contributed by atoms with Gasteiger partial charge in [0.2, 0.25) is 5.91 Å². The molecule has 0 saturated carbocycles. The molecule has 2 aromatic heterocycles. The highest BCUT2D eigenvalue weighted by Gasteiger charge is 2.41. The number of imidazole rings is 1. The van der Waals surface area contributed by atoms with Gasteiger partial charge in [-0.2, -0.15) is 0 Å². The second-order valence-corrected chi connectivity index (χ2v) is 14.8. The number of alkyl halides is 2. The van der Waals surface area contributed by atoms with Crippen LogP contribution in [0.3, 0.4) is 0 Å². The third kappa shape index (κ3) is 7.47. The fraction of sp³-hybridized carbons (Fsp3) is 0.500. The predicted octanol–water partition coefficient (Wildman–Crippen LogP) is 6.58. The summed E-state index contributed by atoms with van der Waals surface area (Å²) in [7, 11) is 0.